The summed E-state index contributed by atoms with van der Waals surface area (Å²) in [4.78, 5) is 24.8. The van der Waals surface area contributed by atoms with Crippen molar-refractivity contribution in [1.82, 2.24) is 4.90 Å². The Balaban J connectivity index is 2.63. The Hall–Kier alpha value is -2.08. The van der Waals surface area contributed by atoms with Gasteiger partial charge >= 0.3 is 5.97 Å². The van der Waals surface area contributed by atoms with Crippen LogP contribution in [-0.4, -0.2) is 43.7 Å². The number of amidine groups is 1. The van der Waals surface area contributed by atoms with Crippen molar-refractivity contribution in [3.8, 4) is 0 Å². The number of benzene rings is 1. The van der Waals surface area contributed by atoms with Crippen LogP contribution in [0.1, 0.15) is 19.3 Å². The Bertz CT molecular complexity index is 541. The molecular weight excluding hydrogens is 306 g/mol. The fourth-order valence-corrected chi connectivity index (χ4v) is 1.79. The lowest BCUT2D eigenvalue weighted by atomic mass is 10.1. The van der Waals surface area contributed by atoms with Crippen molar-refractivity contribution in [2.45, 2.75) is 19.3 Å². The van der Waals surface area contributed by atoms with Crippen molar-refractivity contribution in [3.63, 3.8) is 0 Å². The molecule has 0 aliphatic carbocycles. The van der Waals surface area contributed by atoms with Crippen molar-refractivity contribution >= 4 is 34.9 Å². The molecule has 0 bridgehead atoms. The summed E-state index contributed by atoms with van der Waals surface area (Å²) < 4.78 is 4.54. The van der Waals surface area contributed by atoms with E-state index in [0.717, 1.165) is 5.69 Å². The van der Waals surface area contributed by atoms with Gasteiger partial charge in [-0.1, -0.05) is 11.6 Å². The number of halogens is 1. The molecule has 6 nitrogen and oxygen atoms in total. The first kappa shape index (κ1) is 18.0. The second kappa shape index (κ2) is 9.04. The maximum atomic E-state index is 12.1. The van der Waals surface area contributed by atoms with E-state index in [4.69, 9.17) is 11.6 Å². The fraction of sp³-hybridized carbons (Fsp3) is 0.400. The summed E-state index contributed by atoms with van der Waals surface area (Å²) in [6.07, 6.45) is 0.876. The average Bonchev–Trinajstić information content (AvgIpc) is 2.48. The molecule has 0 amide bonds. The molecule has 0 saturated carbocycles. The molecule has 120 valence electrons. The minimum absolute atomic E-state index is 0.143. The van der Waals surface area contributed by atoms with Crippen LogP contribution >= 0.6 is 11.6 Å². The number of ether oxygens (including phenoxy) is 1. The van der Waals surface area contributed by atoms with Gasteiger partial charge in [-0.25, -0.2) is 0 Å². The third kappa shape index (κ3) is 6.13. The van der Waals surface area contributed by atoms with Crippen molar-refractivity contribution in [2.75, 3.05) is 26.6 Å². The van der Waals surface area contributed by atoms with E-state index in [1.54, 1.807) is 43.3 Å². The largest absolute Gasteiger partial charge is 0.469 e. The van der Waals surface area contributed by atoms with Crippen LogP contribution in [0.2, 0.25) is 5.02 Å². The molecule has 0 saturated heterocycles. The zero-order chi connectivity index (χ0) is 16.5. The number of nitrogens with one attached hydrogen (secondary N) is 1. The molecule has 0 unspecified atom stereocenters. The first-order chi connectivity index (χ1) is 10.4. The number of anilines is 1. The lowest BCUT2D eigenvalue weighted by Crippen LogP contribution is -2.31. The maximum absolute atomic E-state index is 12.1. The highest BCUT2D eigenvalue weighted by Crippen LogP contribution is 2.13. The quantitative estimate of drug-likeness (QED) is 0.361. The van der Waals surface area contributed by atoms with Crippen LogP contribution in [-0.2, 0) is 14.3 Å². The minimum Gasteiger partial charge on any atom is -0.469 e. The molecule has 7 heteroatoms. The van der Waals surface area contributed by atoms with Crippen LogP contribution in [0.15, 0.2) is 29.4 Å². The van der Waals surface area contributed by atoms with Crippen LogP contribution < -0.4 is 5.43 Å². The van der Waals surface area contributed by atoms with Crippen molar-refractivity contribution in [2.24, 2.45) is 5.10 Å². The van der Waals surface area contributed by atoms with E-state index >= 15 is 0 Å². The molecule has 1 N–H and O–H groups in total. The van der Waals surface area contributed by atoms with E-state index in [-0.39, 0.29) is 24.6 Å². The Labute approximate surface area is 135 Å². The van der Waals surface area contributed by atoms with Crippen LogP contribution in [0.3, 0.4) is 0 Å². The van der Waals surface area contributed by atoms with Gasteiger partial charge in [0.05, 0.1) is 12.8 Å². The Morgan fingerprint density at radius 3 is 2.41 bits per heavy atom. The highest BCUT2D eigenvalue weighted by Gasteiger charge is 2.14. The molecule has 0 spiro atoms. The summed E-state index contributed by atoms with van der Waals surface area (Å²) in [5.74, 6) is -0.175. The molecule has 1 aromatic carbocycles. The molecule has 0 aliphatic rings. The van der Waals surface area contributed by atoms with E-state index in [1.807, 2.05) is 0 Å². The summed E-state index contributed by atoms with van der Waals surface area (Å²) in [5, 5.41) is 4.75. The van der Waals surface area contributed by atoms with Crippen LogP contribution in [0.4, 0.5) is 5.69 Å². The molecule has 0 atom stereocenters. The summed E-state index contributed by atoms with van der Waals surface area (Å²) in [5.41, 5.74) is 3.55. The molecule has 0 heterocycles. The van der Waals surface area contributed by atoms with Gasteiger partial charge < -0.3 is 9.64 Å². The lowest BCUT2D eigenvalue weighted by molar-refractivity contribution is -0.140. The van der Waals surface area contributed by atoms with Crippen molar-refractivity contribution in [3.05, 3.63) is 29.3 Å². The number of carbonyl (C=O) groups is 2. The second-order valence-electron chi connectivity index (χ2n) is 4.80. The third-order valence-corrected chi connectivity index (χ3v) is 3.07. The molecule has 1 aromatic rings. The normalized spacial score (nSPS) is 11.0. The van der Waals surface area contributed by atoms with Gasteiger partial charge in [-0.2, -0.15) is 5.10 Å². The zero-order valence-electron chi connectivity index (χ0n) is 12.9. The number of methoxy groups -OCH3 is 1. The molecular formula is C15H20ClN3O3. The highest BCUT2D eigenvalue weighted by molar-refractivity contribution is 6.38. The van der Waals surface area contributed by atoms with Gasteiger partial charge in [0.1, 0.15) is 0 Å². The smallest absolute Gasteiger partial charge is 0.305 e. The average molecular weight is 326 g/mol. The third-order valence-electron chi connectivity index (χ3n) is 2.82. The number of hydrogen-bond donors (Lipinski definition) is 1. The number of hydrazone groups is 1. The van der Waals surface area contributed by atoms with Gasteiger partial charge in [-0.05, 0) is 30.7 Å². The Morgan fingerprint density at radius 2 is 1.86 bits per heavy atom. The fourth-order valence-electron chi connectivity index (χ4n) is 1.66. The van der Waals surface area contributed by atoms with E-state index < -0.39 is 0 Å². The molecule has 0 aliphatic heterocycles. The standard InChI is InChI=1S/C15H20ClN3O3/c1-19(2)15(13(20)5-4-6-14(21)22-3)18-17-12-9-7-11(16)8-10-12/h7-10,17H,4-6H2,1-3H3/b18-15+. The van der Waals surface area contributed by atoms with Crippen LogP contribution in [0.25, 0.3) is 0 Å². The number of hydrogen-bond acceptors (Lipinski definition) is 5. The minimum atomic E-state index is -0.324. The maximum Gasteiger partial charge on any atom is 0.305 e. The number of nitrogens with zero attached hydrogens (tertiary/aromatic N) is 2. The Morgan fingerprint density at radius 1 is 1.23 bits per heavy atom. The van der Waals surface area contributed by atoms with Gasteiger partial charge in [0.25, 0.3) is 0 Å². The predicted octanol–water partition coefficient (Wildman–Crippen LogP) is 2.54. The number of likely N-dealkylation sites (N-methyl/N-ethyl adjacent to an activating group) is 1. The molecule has 22 heavy (non-hydrogen) atoms. The molecule has 0 aromatic heterocycles. The van der Waals surface area contributed by atoms with E-state index in [0.29, 0.717) is 17.3 Å². The monoisotopic (exact) mass is 325 g/mol. The first-order valence-corrected chi connectivity index (χ1v) is 7.18. The van der Waals surface area contributed by atoms with E-state index in [9.17, 15) is 9.59 Å². The summed E-state index contributed by atoms with van der Waals surface area (Å²) in [7, 11) is 4.80. The number of ketones is 1. The number of Topliss-reactive ketones (excluding diaryl/α,β-unsaturated/α-hetero) is 1. The Kier molecular flexibility index (Phi) is 7.39. The predicted molar refractivity (Wildman–Crippen MR) is 87.1 cm³/mol. The van der Waals surface area contributed by atoms with Crippen LogP contribution in [0.5, 0.6) is 0 Å². The zero-order valence-corrected chi connectivity index (χ0v) is 13.7. The van der Waals surface area contributed by atoms with Gasteiger partial charge in [0.15, 0.2) is 11.6 Å². The van der Waals surface area contributed by atoms with Crippen LogP contribution in [0, 0.1) is 0 Å². The van der Waals surface area contributed by atoms with Crippen molar-refractivity contribution in [1.29, 1.82) is 0 Å². The van der Waals surface area contributed by atoms with Gasteiger partial charge in [0, 0.05) is 32.0 Å². The second-order valence-corrected chi connectivity index (χ2v) is 5.24. The molecule has 1 rings (SSSR count). The molecule has 0 radical (unpaired) electrons. The summed E-state index contributed by atoms with van der Waals surface area (Å²) >= 11 is 5.81. The summed E-state index contributed by atoms with van der Waals surface area (Å²) in [6, 6.07) is 6.99. The van der Waals surface area contributed by atoms with Gasteiger partial charge in [-0.15, -0.1) is 0 Å². The van der Waals surface area contributed by atoms with E-state index in [2.05, 4.69) is 15.3 Å². The van der Waals surface area contributed by atoms with Gasteiger partial charge in [0.2, 0.25) is 0 Å². The number of esters is 1. The topological polar surface area (TPSA) is 71.0 Å². The van der Waals surface area contributed by atoms with Crippen molar-refractivity contribution < 1.29 is 14.3 Å². The lowest BCUT2D eigenvalue weighted by Gasteiger charge is -2.14. The molecule has 0 fully saturated rings. The highest BCUT2D eigenvalue weighted by atomic mass is 35.5. The number of carbonyl (C=O) groups excluding carboxylic acids is 2. The number of rotatable bonds is 7. The van der Waals surface area contributed by atoms with Gasteiger partial charge in [-0.3, -0.25) is 15.0 Å². The summed E-state index contributed by atoms with van der Waals surface area (Å²) in [6.45, 7) is 0. The SMILES string of the molecule is COC(=O)CCCC(=O)/C(=N\Nc1ccc(Cl)cc1)N(C)C. The first-order valence-electron chi connectivity index (χ1n) is 6.80. The van der Waals surface area contributed by atoms with E-state index in [1.165, 1.54) is 7.11 Å².